The van der Waals surface area contributed by atoms with Crippen molar-refractivity contribution in [3.63, 3.8) is 0 Å². The van der Waals surface area contributed by atoms with Gasteiger partial charge < -0.3 is 14.9 Å². The molecule has 0 fully saturated rings. The summed E-state index contributed by atoms with van der Waals surface area (Å²) in [5, 5.41) is 18.2. The minimum Gasteiger partial charge on any atom is -0.504 e. The van der Waals surface area contributed by atoms with E-state index in [9.17, 15) is 9.90 Å². The number of carboxylic acids is 1. The summed E-state index contributed by atoms with van der Waals surface area (Å²) in [6.07, 6.45) is 3.84. The van der Waals surface area contributed by atoms with Gasteiger partial charge in [-0.1, -0.05) is 42.5 Å². The second kappa shape index (κ2) is 6.61. The second-order valence-electron chi connectivity index (χ2n) is 4.58. The number of benzene rings is 2. The van der Waals surface area contributed by atoms with Gasteiger partial charge in [0.1, 0.15) is 0 Å². The molecule has 0 aromatic heterocycles. The first kappa shape index (κ1) is 14.7. The van der Waals surface area contributed by atoms with Gasteiger partial charge in [-0.2, -0.15) is 0 Å². The van der Waals surface area contributed by atoms with E-state index in [0.717, 1.165) is 16.7 Å². The molecule has 0 saturated carbocycles. The Bertz CT molecular complexity index is 657. The van der Waals surface area contributed by atoms with Crippen LogP contribution in [-0.4, -0.2) is 23.3 Å². The van der Waals surface area contributed by atoms with E-state index in [1.807, 2.05) is 24.3 Å². The fourth-order valence-electron chi connectivity index (χ4n) is 1.91. The van der Waals surface area contributed by atoms with Gasteiger partial charge in [0.15, 0.2) is 11.5 Å². The maximum atomic E-state index is 10.6. The van der Waals surface area contributed by atoms with Crippen LogP contribution in [0.1, 0.15) is 16.7 Å². The molecule has 0 saturated heterocycles. The number of ether oxygens (including phenoxy) is 1. The molecule has 4 heteroatoms. The molecule has 0 aliphatic rings. The van der Waals surface area contributed by atoms with Crippen LogP contribution in [0.3, 0.4) is 0 Å². The van der Waals surface area contributed by atoms with Crippen molar-refractivity contribution in [3.8, 4) is 11.5 Å². The number of aromatic hydroxyl groups is 1. The summed E-state index contributed by atoms with van der Waals surface area (Å²) >= 11 is 0. The third kappa shape index (κ3) is 4.11. The van der Waals surface area contributed by atoms with Gasteiger partial charge in [0, 0.05) is 0 Å². The number of phenols is 1. The van der Waals surface area contributed by atoms with E-state index in [2.05, 4.69) is 0 Å². The van der Waals surface area contributed by atoms with Crippen LogP contribution >= 0.6 is 0 Å². The third-order valence-corrected chi connectivity index (χ3v) is 3.01. The Morgan fingerprint density at radius 2 is 1.71 bits per heavy atom. The molecule has 21 heavy (non-hydrogen) atoms. The van der Waals surface area contributed by atoms with Gasteiger partial charge in [-0.15, -0.1) is 0 Å². The number of carboxylic acid groups (broad SMARTS) is 1. The Labute approximate surface area is 122 Å². The van der Waals surface area contributed by atoms with Crippen LogP contribution in [0.4, 0.5) is 0 Å². The standard InChI is InChI=1S/C17H16O4/c1-21-16-10-13(8-9-15(16)18)5-2-12-3-6-14(7-4-12)11-17(19)20/h2-10,18H,11H2,1H3,(H,19,20). The molecule has 0 radical (unpaired) electrons. The monoisotopic (exact) mass is 284 g/mol. The zero-order valence-electron chi connectivity index (χ0n) is 11.6. The molecular formula is C17H16O4. The molecular weight excluding hydrogens is 268 g/mol. The molecule has 0 amide bonds. The second-order valence-corrected chi connectivity index (χ2v) is 4.58. The fraction of sp³-hybridized carbons (Fsp3) is 0.118. The van der Waals surface area contributed by atoms with Crippen molar-refractivity contribution in [1.29, 1.82) is 0 Å². The summed E-state index contributed by atoms with van der Waals surface area (Å²) in [6.45, 7) is 0. The highest BCUT2D eigenvalue weighted by atomic mass is 16.5. The Morgan fingerprint density at radius 1 is 1.10 bits per heavy atom. The number of aliphatic carboxylic acids is 1. The van der Waals surface area contributed by atoms with Crippen LogP contribution in [0.2, 0.25) is 0 Å². The number of phenolic OH excluding ortho intramolecular Hbond substituents is 1. The highest BCUT2D eigenvalue weighted by molar-refractivity contribution is 5.72. The maximum Gasteiger partial charge on any atom is 0.307 e. The number of hydrogen-bond acceptors (Lipinski definition) is 3. The van der Waals surface area contributed by atoms with Crippen LogP contribution in [-0.2, 0) is 11.2 Å². The molecule has 0 bridgehead atoms. The number of methoxy groups -OCH3 is 1. The maximum absolute atomic E-state index is 10.6. The zero-order chi connectivity index (χ0) is 15.2. The number of rotatable bonds is 5. The molecule has 0 aliphatic heterocycles. The van der Waals surface area contributed by atoms with E-state index < -0.39 is 5.97 Å². The van der Waals surface area contributed by atoms with Gasteiger partial charge in [0.25, 0.3) is 0 Å². The zero-order valence-corrected chi connectivity index (χ0v) is 11.6. The predicted molar refractivity (Wildman–Crippen MR) is 81.4 cm³/mol. The van der Waals surface area contributed by atoms with Crippen LogP contribution in [0.15, 0.2) is 42.5 Å². The largest absolute Gasteiger partial charge is 0.504 e. The van der Waals surface area contributed by atoms with E-state index in [4.69, 9.17) is 9.84 Å². The number of hydrogen-bond donors (Lipinski definition) is 2. The summed E-state index contributed by atoms with van der Waals surface area (Å²) < 4.78 is 5.05. The van der Waals surface area contributed by atoms with E-state index in [0.29, 0.717) is 5.75 Å². The molecule has 2 N–H and O–H groups in total. The highest BCUT2D eigenvalue weighted by Gasteiger charge is 2.01. The van der Waals surface area contributed by atoms with Crippen molar-refractivity contribution < 1.29 is 19.7 Å². The van der Waals surface area contributed by atoms with E-state index in [1.54, 1.807) is 30.3 Å². The molecule has 2 rings (SSSR count). The van der Waals surface area contributed by atoms with E-state index in [1.165, 1.54) is 7.11 Å². The van der Waals surface area contributed by atoms with Crippen LogP contribution in [0, 0.1) is 0 Å². The van der Waals surface area contributed by atoms with Gasteiger partial charge in [0.05, 0.1) is 13.5 Å². The first-order valence-electron chi connectivity index (χ1n) is 6.44. The molecule has 2 aromatic carbocycles. The first-order chi connectivity index (χ1) is 10.1. The molecule has 0 atom stereocenters. The van der Waals surface area contributed by atoms with Crippen molar-refractivity contribution >= 4 is 18.1 Å². The van der Waals surface area contributed by atoms with Crippen molar-refractivity contribution in [2.75, 3.05) is 7.11 Å². The van der Waals surface area contributed by atoms with E-state index >= 15 is 0 Å². The fourth-order valence-corrected chi connectivity index (χ4v) is 1.91. The molecule has 108 valence electrons. The molecule has 2 aromatic rings. The van der Waals surface area contributed by atoms with Gasteiger partial charge in [-0.3, -0.25) is 4.79 Å². The van der Waals surface area contributed by atoms with Gasteiger partial charge >= 0.3 is 5.97 Å². The normalized spacial score (nSPS) is 10.7. The van der Waals surface area contributed by atoms with E-state index in [-0.39, 0.29) is 12.2 Å². The number of carbonyl (C=O) groups is 1. The summed E-state index contributed by atoms with van der Waals surface area (Å²) in [4.78, 5) is 10.6. The quantitative estimate of drug-likeness (QED) is 0.827. The Balaban J connectivity index is 2.12. The van der Waals surface area contributed by atoms with Crippen molar-refractivity contribution in [2.45, 2.75) is 6.42 Å². The predicted octanol–water partition coefficient (Wildman–Crippen LogP) is 3.20. The smallest absolute Gasteiger partial charge is 0.307 e. The third-order valence-electron chi connectivity index (χ3n) is 3.01. The van der Waals surface area contributed by atoms with Crippen LogP contribution in [0.5, 0.6) is 11.5 Å². The molecule has 0 heterocycles. The van der Waals surface area contributed by atoms with Gasteiger partial charge in [-0.25, -0.2) is 0 Å². The minimum atomic E-state index is -0.838. The van der Waals surface area contributed by atoms with Gasteiger partial charge in [0.2, 0.25) is 0 Å². The first-order valence-corrected chi connectivity index (χ1v) is 6.44. The highest BCUT2D eigenvalue weighted by Crippen LogP contribution is 2.27. The minimum absolute atomic E-state index is 0.0269. The van der Waals surface area contributed by atoms with Crippen molar-refractivity contribution in [3.05, 3.63) is 59.2 Å². The Morgan fingerprint density at radius 3 is 2.33 bits per heavy atom. The van der Waals surface area contributed by atoms with Crippen molar-refractivity contribution in [1.82, 2.24) is 0 Å². The molecule has 4 nitrogen and oxygen atoms in total. The topological polar surface area (TPSA) is 66.8 Å². The lowest BCUT2D eigenvalue weighted by Crippen LogP contribution is -1.99. The summed E-state index contributed by atoms with van der Waals surface area (Å²) in [5.41, 5.74) is 2.64. The summed E-state index contributed by atoms with van der Waals surface area (Å²) in [6, 6.07) is 12.4. The lowest BCUT2D eigenvalue weighted by molar-refractivity contribution is -0.136. The van der Waals surface area contributed by atoms with Crippen molar-refractivity contribution in [2.24, 2.45) is 0 Å². The lowest BCUT2D eigenvalue weighted by atomic mass is 10.1. The lowest BCUT2D eigenvalue weighted by Gasteiger charge is -2.03. The van der Waals surface area contributed by atoms with Crippen LogP contribution < -0.4 is 4.74 Å². The Hall–Kier alpha value is -2.75. The Kier molecular flexibility index (Phi) is 4.61. The average Bonchev–Trinajstić information content (AvgIpc) is 2.47. The van der Waals surface area contributed by atoms with Gasteiger partial charge in [-0.05, 0) is 28.8 Å². The summed E-state index contributed by atoms with van der Waals surface area (Å²) in [5.74, 6) is -0.309. The summed E-state index contributed by atoms with van der Waals surface area (Å²) in [7, 11) is 1.50. The molecule has 0 unspecified atom stereocenters. The molecule has 0 aliphatic carbocycles. The molecule has 0 spiro atoms. The average molecular weight is 284 g/mol. The van der Waals surface area contributed by atoms with Crippen LogP contribution in [0.25, 0.3) is 12.2 Å². The SMILES string of the molecule is COc1cc(C=Cc2ccc(CC(=O)O)cc2)ccc1O.